The SMILES string of the molecule is CCN(C(=O)c1ccc(C)cc1-c1ncccn1)[C@@H](C)COc1ccc(Br)cn1. The molecule has 7 heteroatoms. The van der Waals surface area contributed by atoms with E-state index < -0.39 is 0 Å². The molecule has 3 rings (SSSR count). The number of ether oxygens (including phenoxy) is 1. The number of nitrogens with zero attached hydrogens (tertiary/aromatic N) is 4. The lowest BCUT2D eigenvalue weighted by molar-refractivity contribution is 0.0647. The molecule has 0 bridgehead atoms. The van der Waals surface area contributed by atoms with Crippen LogP contribution in [0.4, 0.5) is 0 Å². The van der Waals surface area contributed by atoms with Crippen molar-refractivity contribution in [1.82, 2.24) is 19.9 Å². The Balaban J connectivity index is 1.81. The zero-order valence-electron chi connectivity index (χ0n) is 16.7. The van der Waals surface area contributed by atoms with Gasteiger partial charge in [-0.2, -0.15) is 0 Å². The fraction of sp³-hybridized carbons (Fsp3) is 0.273. The van der Waals surface area contributed by atoms with Gasteiger partial charge in [-0.25, -0.2) is 15.0 Å². The lowest BCUT2D eigenvalue weighted by Gasteiger charge is -2.28. The molecule has 0 aliphatic heterocycles. The summed E-state index contributed by atoms with van der Waals surface area (Å²) in [5, 5.41) is 0. The molecule has 0 saturated heterocycles. The molecular weight excluding hydrogens is 432 g/mol. The van der Waals surface area contributed by atoms with Crippen LogP contribution in [0.5, 0.6) is 5.88 Å². The maximum Gasteiger partial charge on any atom is 0.254 e. The highest BCUT2D eigenvalue weighted by molar-refractivity contribution is 9.10. The Morgan fingerprint density at radius 1 is 1.17 bits per heavy atom. The van der Waals surface area contributed by atoms with Crippen LogP contribution < -0.4 is 4.74 Å². The zero-order chi connectivity index (χ0) is 20.8. The van der Waals surface area contributed by atoms with Crippen molar-refractivity contribution in [3.8, 4) is 17.3 Å². The van der Waals surface area contributed by atoms with Crippen LogP contribution in [0.2, 0.25) is 0 Å². The fourth-order valence-electron chi connectivity index (χ4n) is 3.02. The number of hydrogen-bond acceptors (Lipinski definition) is 5. The second kappa shape index (κ2) is 9.60. The fourth-order valence-corrected chi connectivity index (χ4v) is 3.26. The topological polar surface area (TPSA) is 68.2 Å². The van der Waals surface area contributed by atoms with E-state index in [1.165, 1.54) is 0 Å². The molecule has 0 radical (unpaired) electrons. The molecule has 2 aromatic heterocycles. The van der Waals surface area contributed by atoms with Crippen molar-refractivity contribution >= 4 is 21.8 Å². The van der Waals surface area contributed by atoms with Crippen LogP contribution >= 0.6 is 15.9 Å². The number of hydrogen-bond donors (Lipinski definition) is 0. The maximum atomic E-state index is 13.4. The van der Waals surface area contributed by atoms with Gasteiger partial charge in [-0.3, -0.25) is 4.79 Å². The molecule has 0 saturated carbocycles. The Morgan fingerprint density at radius 3 is 2.59 bits per heavy atom. The van der Waals surface area contributed by atoms with Crippen LogP contribution in [0.25, 0.3) is 11.4 Å². The third-order valence-corrected chi connectivity index (χ3v) is 4.99. The van der Waals surface area contributed by atoms with E-state index in [1.54, 1.807) is 35.6 Å². The summed E-state index contributed by atoms with van der Waals surface area (Å²) in [6.07, 6.45) is 5.04. The Hall–Kier alpha value is -2.80. The summed E-state index contributed by atoms with van der Waals surface area (Å²) in [5.41, 5.74) is 2.36. The van der Waals surface area contributed by atoms with Crippen LogP contribution in [0.1, 0.15) is 29.8 Å². The monoisotopic (exact) mass is 454 g/mol. The second-order valence-corrected chi connectivity index (χ2v) is 7.60. The highest BCUT2D eigenvalue weighted by atomic mass is 79.9. The Kier molecular flexibility index (Phi) is 6.93. The number of likely N-dealkylation sites (N-methyl/N-ethyl adjacent to an activating group) is 1. The van der Waals surface area contributed by atoms with Gasteiger partial charge in [-0.05, 0) is 61.0 Å². The highest BCUT2D eigenvalue weighted by Gasteiger charge is 2.24. The molecule has 0 fully saturated rings. The molecule has 6 nitrogen and oxygen atoms in total. The average molecular weight is 455 g/mol. The number of carbonyl (C=O) groups is 1. The van der Waals surface area contributed by atoms with Crippen LogP contribution in [0.3, 0.4) is 0 Å². The Labute approximate surface area is 179 Å². The molecule has 0 spiro atoms. The van der Waals surface area contributed by atoms with Gasteiger partial charge >= 0.3 is 0 Å². The average Bonchev–Trinajstić information content (AvgIpc) is 2.74. The van der Waals surface area contributed by atoms with E-state index in [1.807, 2.05) is 45.0 Å². The number of amides is 1. The van der Waals surface area contributed by atoms with Crippen LogP contribution in [-0.2, 0) is 0 Å². The lowest BCUT2D eigenvalue weighted by Crippen LogP contribution is -2.42. The summed E-state index contributed by atoms with van der Waals surface area (Å²) in [6.45, 7) is 6.81. The van der Waals surface area contributed by atoms with Crippen molar-refractivity contribution in [3.63, 3.8) is 0 Å². The standard InChI is InChI=1S/C22H23BrN4O2/c1-4-27(16(3)14-29-20-9-7-17(23)13-26-20)22(28)18-8-6-15(2)12-19(18)21-24-10-5-11-25-21/h5-13,16H,4,14H2,1-3H3/t16-/m0/s1. The first-order valence-electron chi connectivity index (χ1n) is 9.43. The van der Waals surface area contributed by atoms with Crippen LogP contribution in [-0.4, -0.2) is 45.0 Å². The highest BCUT2D eigenvalue weighted by Crippen LogP contribution is 2.24. The van der Waals surface area contributed by atoms with Crippen molar-refractivity contribution in [2.24, 2.45) is 0 Å². The zero-order valence-corrected chi connectivity index (χ0v) is 18.3. The molecular formula is C22H23BrN4O2. The van der Waals surface area contributed by atoms with Gasteiger partial charge in [0.25, 0.3) is 5.91 Å². The minimum absolute atomic E-state index is 0.0742. The Morgan fingerprint density at radius 2 is 1.93 bits per heavy atom. The van der Waals surface area contributed by atoms with Crippen LogP contribution in [0, 0.1) is 6.92 Å². The number of carbonyl (C=O) groups excluding carboxylic acids is 1. The molecule has 3 aromatic rings. The molecule has 0 aliphatic carbocycles. The molecule has 29 heavy (non-hydrogen) atoms. The van der Waals surface area contributed by atoms with E-state index in [0.29, 0.717) is 30.4 Å². The number of halogens is 1. The van der Waals surface area contributed by atoms with E-state index >= 15 is 0 Å². The van der Waals surface area contributed by atoms with Gasteiger partial charge < -0.3 is 9.64 Å². The minimum Gasteiger partial charge on any atom is -0.475 e. The molecule has 1 amide bonds. The van der Waals surface area contributed by atoms with Crippen LogP contribution in [0.15, 0.2) is 59.5 Å². The van der Waals surface area contributed by atoms with Crippen molar-refractivity contribution in [2.45, 2.75) is 26.8 Å². The van der Waals surface area contributed by atoms with Gasteiger partial charge in [0.15, 0.2) is 5.82 Å². The number of benzene rings is 1. The minimum atomic E-state index is -0.135. The number of rotatable bonds is 7. The first kappa shape index (κ1) is 20.9. The summed E-state index contributed by atoms with van der Waals surface area (Å²) in [5.74, 6) is 0.991. The molecule has 1 atom stereocenters. The van der Waals surface area contributed by atoms with E-state index in [2.05, 4.69) is 30.9 Å². The van der Waals surface area contributed by atoms with Crippen molar-refractivity contribution in [1.29, 1.82) is 0 Å². The molecule has 150 valence electrons. The number of aromatic nitrogens is 3. The normalized spacial score (nSPS) is 11.7. The first-order chi connectivity index (χ1) is 14.0. The van der Waals surface area contributed by atoms with Gasteiger partial charge in [0.1, 0.15) is 6.61 Å². The van der Waals surface area contributed by atoms with E-state index in [-0.39, 0.29) is 11.9 Å². The predicted octanol–water partition coefficient (Wildman–Crippen LogP) is 4.54. The summed E-state index contributed by atoms with van der Waals surface area (Å²) < 4.78 is 6.66. The third-order valence-electron chi connectivity index (χ3n) is 4.52. The van der Waals surface area contributed by atoms with Gasteiger partial charge in [0.05, 0.1) is 11.6 Å². The summed E-state index contributed by atoms with van der Waals surface area (Å²) in [4.78, 5) is 28.0. The van der Waals surface area contributed by atoms with Gasteiger partial charge in [0.2, 0.25) is 5.88 Å². The summed E-state index contributed by atoms with van der Waals surface area (Å²) in [7, 11) is 0. The molecule has 2 heterocycles. The van der Waals surface area contributed by atoms with Crippen molar-refractivity contribution < 1.29 is 9.53 Å². The van der Waals surface area contributed by atoms with Crippen molar-refractivity contribution in [2.75, 3.05) is 13.2 Å². The number of pyridine rings is 1. The first-order valence-corrected chi connectivity index (χ1v) is 10.2. The smallest absolute Gasteiger partial charge is 0.254 e. The summed E-state index contributed by atoms with van der Waals surface area (Å²) in [6, 6.07) is 11.0. The van der Waals surface area contributed by atoms with E-state index in [4.69, 9.17) is 4.74 Å². The quantitative estimate of drug-likeness (QED) is 0.524. The molecule has 1 aromatic carbocycles. The predicted molar refractivity (Wildman–Crippen MR) is 116 cm³/mol. The van der Waals surface area contributed by atoms with Gasteiger partial charge in [-0.15, -0.1) is 0 Å². The van der Waals surface area contributed by atoms with Crippen molar-refractivity contribution in [3.05, 3.63) is 70.6 Å². The molecule has 0 N–H and O–H groups in total. The maximum absolute atomic E-state index is 13.4. The summed E-state index contributed by atoms with van der Waals surface area (Å²) >= 11 is 3.35. The lowest BCUT2D eigenvalue weighted by atomic mass is 10.0. The number of aryl methyl sites for hydroxylation is 1. The second-order valence-electron chi connectivity index (χ2n) is 6.69. The van der Waals surface area contributed by atoms with Gasteiger partial charge in [-0.1, -0.05) is 11.6 Å². The van der Waals surface area contributed by atoms with Gasteiger partial charge in [0, 0.05) is 41.2 Å². The molecule has 0 unspecified atom stereocenters. The molecule has 0 aliphatic rings. The van der Waals surface area contributed by atoms with E-state index in [9.17, 15) is 4.79 Å². The Bertz CT molecular complexity index is 964. The third kappa shape index (κ3) is 5.17. The largest absolute Gasteiger partial charge is 0.475 e. The van der Waals surface area contributed by atoms with E-state index in [0.717, 1.165) is 15.6 Å².